The monoisotopic (exact) mass is 279 g/mol. The number of nitrogens with zero attached hydrogens (tertiary/aromatic N) is 1. The zero-order valence-electron chi connectivity index (χ0n) is 10.8. The molecule has 0 fully saturated rings. The summed E-state index contributed by atoms with van der Waals surface area (Å²) in [6, 6.07) is 3.71. The lowest BCUT2D eigenvalue weighted by atomic mass is 10.2. The van der Waals surface area contributed by atoms with Gasteiger partial charge in [-0.1, -0.05) is 0 Å². The van der Waals surface area contributed by atoms with Crippen LogP contribution < -0.4 is 4.74 Å². The largest absolute Gasteiger partial charge is 0.493 e. The number of oxazole rings is 1. The van der Waals surface area contributed by atoms with Gasteiger partial charge < -0.3 is 14.3 Å². The molecule has 0 saturated heterocycles. The summed E-state index contributed by atoms with van der Waals surface area (Å²) in [4.78, 5) is 15.8. The SMILES string of the molecule is CO.COc1cc2sc(C=O)cc2c2nc(C)oc12. The highest BCUT2D eigenvalue weighted by molar-refractivity contribution is 7.20. The Hall–Kier alpha value is -1.92. The van der Waals surface area contributed by atoms with Crippen molar-refractivity contribution in [2.24, 2.45) is 0 Å². The Morgan fingerprint density at radius 3 is 2.79 bits per heavy atom. The van der Waals surface area contributed by atoms with Crippen LogP contribution in [0.4, 0.5) is 0 Å². The Balaban J connectivity index is 0.000000637. The quantitative estimate of drug-likeness (QED) is 0.730. The maximum atomic E-state index is 10.8. The van der Waals surface area contributed by atoms with Crippen LogP contribution in [0.15, 0.2) is 16.5 Å². The highest BCUT2D eigenvalue weighted by atomic mass is 32.1. The van der Waals surface area contributed by atoms with E-state index in [0.717, 1.165) is 29.0 Å². The zero-order chi connectivity index (χ0) is 14.0. The van der Waals surface area contributed by atoms with Crippen molar-refractivity contribution in [3.05, 3.63) is 22.9 Å². The number of aldehydes is 1. The molecule has 0 bridgehead atoms. The van der Waals surface area contributed by atoms with E-state index >= 15 is 0 Å². The van der Waals surface area contributed by atoms with Gasteiger partial charge in [0.2, 0.25) is 0 Å². The van der Waals surface area contributed by atoms with Crippen LogP contribution >= 0.6 is 11.3 Å². The Morgan fingerprint density at radius 2 is 2.16 bits per heavy atom. The number of carbonyl (C=O) groups is 1. The van der Waals surface area contributed by atoms with Crippen molar-refractivity contribution < 1.29 is 19.1 Å². The maximum Gasteiger partial charge on any atom is 0.197 e. The van der Waals surface area contributed by atoms with Gasteiger partial charge in [0.1, 0.15) is 5.52 Å². The van der Waals surface area contributed by atoms with Crippen molar-refractivity contribution >= 4 is 38.8 Å². The maximum absolute atomic E-state index is 10.8. The van der Waals surface area contributed by atoms with E-state index in [1.54, 1.807) is 14.0 Å². The molecule has 1 N–H and O–H groups in total. The van der Waals surface area contributed by atoms with Crippen LogP contribution in [0, 0.1) is 6.92 Å². The third-order valence-corrected chi connectivity index (χ3v) is 3.60. The third kappa shape index (κ3) is 2.20. The summed E-state index contributed by atoms with van der Waals surface area (Å²) >= 11 is 1.42. The van der Waals surface area contributed by atoms with Crippen LogP contribution in [0.5, 0.6) is 5.75 Å². The van der Waals surface area contributed by atoms with Gasteiger partial charge in [0.05, 0.1) is 12.0 Å². The summed E-state index contributed by atoms with van der Waals surface area (Å²) < 4.78 is 11.8. The molecule has 0 spiro atoms. The summed E-state index contributed by atoms with van der Waals surface area (Å²) in [6.07, 6.45) is 0.843. The van der Waals surface area contributed by atoms with E-state index in [-0.39, 0.29) is 0 Å². The number of aromatic nitrogens is 1. The summed E-state index contributed by atoms with van der Waals surface area (Å²) in [7, 11) is 2.59. The molecule has 1 aromatic carbocycles. The van der Waals surface area contributed by atoms with Crippen LogP contribution in [-0.2, 0) is 0 Å². The standard InChI is InChI=1S/C12H9NO3S.CH4O/c1-6-13-11-8-3-7(5-14)17-10(8)4-9(15-2)12(11)16-6;1-2/h3-5H,1-2H3;2H,1H3. The normalized spacial score (nSPS) is 10.3. The molecule has 100 valence electrons. The lowest BCUT2D eigenvalue weighted by molar-refractivity contribution is 0.112. The van der Waals surface area contributed by atoms with Crippen LogP contribution in [0.1, 0.15) is 15.6 Å². The number of aliphatic hydroxyl groups excluding tert-OH is 1. The van der Waals surface area contributed by atoms with Gasteiger partial charge >= 0.3 is 0 Å². The number of hydrogen-bond donors (Lipinski definition) is 1. The number of carbonyl (C=O) groups excluding carboxylic acids is 1. The molecule has 0 unspecified atom stereocenters. The molecular formula is C13H13NO4S. The predicted molar refractivity (Wildman–Crippen MR) is 74.2 cm³/mol. The molecule has 2 aromatic heterocycles. The van der Waals surface area contributed by atoms with Gasteiger partial charge in [-0.3, -0.25) is 4.79 Å². The molecule has 0 aliphatic carbocycles. The number of methoxy groups -OCH3 is 1. The first-order valence-electron chi connectivity index (χ1n) is 5.50. The zero-order valence-corrected chi connectivity index (χ0v) is 11.6. The Labute approximate surface area is 113 Å². The van der Waals surface area contributed by atoms with Crippen LogP contribution in [0.3, 0.4) is 0 Å². The first-order valence-corrected chi connectivity index (χ1v) is 6.32. The molecule has 0 aliphatic rings. The van der Waals surface area contributed by atoms with Gasteiger partial charge in [-0.25, -0.2) is 4.98 Å². The average Bonchev–Trinajstić information content (AvgIpc) is 3.01. The number of fused-ring (bicyclic) bond motifs is 3. The van der Waals surface area contributed by atoms with Gasteiger partial charge in [-0.05, 0) is 6.07 Å². The second kappa shape index (κ2) is 5.38. The van der Waals surface area contributed by atoms with E-state index in [1.165, 1.54) is 11.3 Å². The summed E-state index contributed by atoms with van der Waals surface area (Å²) in [5.74, 6) is 1.23. The van der Waals surface area contributed by atoms with E-state index in [2.05, 4.69) is 4.98 Å². The molecule has 6 heteroatoms. The molecule has 0 saturated carbocycles. The van der Waals surface area contributed by atoms with Crippen molar-refractivity contribution in [2.45, 2.75) is 6.92 Å². The fraction of sp³-hybridized carbons (Fsp3) is 0.231. The highest BCUT2D eigenvalue weighted by Gasteiger charge is 2.15. The predicted octanol–water partition coefficient (Wildman–Crippen LogP) is 2.78. The van der Waals surface area contributed by atoms with Gasteiger partial charge in [0.25, 0.3) is 0 Å². The number of thiophene rings is 1. The molecule has 19 heavy (non-hydrogen) atoms. The molecule has 3 rings (SSSR count). The highest BCUT2D eigenvalue weighted by Crippen LogP contribution is 2.37. The van der Waals surface area contributed by atoms with E-state index in [4.69, 9.17) is 14.3 Å². The number of ether oxygens (including phenoxy) is 1. The van der Waals surface area contributed by atoms with Crippen molar-refractivity contribution in [2.75, 3.05) is 14.2 Å². The van der Waals surface area contributed by atoms with E-state index < -0.39 is 0 Å². The van der Waals surface area contributed by atoms with Gasteiger partial charge in [0.15, 0.2) is 23.5 Å². The fourth-order valence-corrected chi connectivity index (χ4v) is 2.80. The molecule has 2 heterocycles. The van der Waals surface area contributed by atoms with Crippen molar-refractivity contribution in [3.8, 4) is 5.75 Å². The summed E-state index contributed by atoms with van der Waals surface area (Å²) in [6.45, 7) is 1.79. The van der Waals surface area contributed by atoms with Gasteiger partial charge in [-0.15, -0.1) is 11.3 Å². The lowest BCUT2D eigenvalue weighted by Gasteiger charge is -1.99. The molecule has 5 nitrogen and oxygen atoms in total. The molecule has 0 aliphatic heterocycles. The number of hydrogen-bond acceptors (Lipinski definition) is 6. The molecule has 0 atom stereocenters. The van der Waals surface area contributed by atoms with E-state index in [1.807, 2.05) is 12.1 Å². The van der Waals surface area contributed by atoms with Crippen LogP contribution in [0.2, 0.25) is 0 Å². The molecule has 3 aromatic rings. The van der Waals surface area contributed by atoms with Gasteiger partial charge in [0, 0.05) is 30.2 Å². The third-order valence-electron chi connectivity index (χ3n) is 2.59. The minimum Gasteiger partial charge on any atom is -0.493 e. The van der Waals surface area contributed by atoms with Crippen LogP contribution in [-0.4, -0.2) is 30.6 Å². The molecular weight excluding hydrogens is 266 g/mol. The molecule has 0 radical (unpaired) electrons. The minimum absolute atomic E-state index is 0.588. The second-order valence-electron chi connectivity index (χ2n) is 3.67. The Morgan fingerprint density at radius 1 is 1.42 bits per heavy atom. The van der Waals surface area contributed by atoms with Crippen molar-refractivity contribution in [1.82, 2.24) is 4.98 Å². The first-order chi connectivity index (χ1) is 9.22. The Kier molecular flexibility index (Phi) is 3.82. The number of rotatable bonds is 2. The number of benzene rings is 1. The lowest BCUT2D eigenvalue weighted by Crippen LogP contribution is -1.82. The fourth-order valence-electron chi connectivity index (χ4n) is 1.89. The second-order valence-corrected chi connectivity index (χ2v) is 4.78. The van der Waals surface area contributed by atoms with Gasteiger partial charge in [-0.2, -0.15) is 0 Å². The number of aliphatic hydroxyl groups is 1. The molecule has 0 amide bonds. The minimum atomic E-state index is 0.588. The van der Waals surface area contributed by atoms with E-state index in [0.29, 0.717) is 22.1 Å². The van der Waals surface area contributed by atoms with Crippen LogP contribution in [0.25, 0.3) is 21.2 Å². The van der Waals surface area contributed by atoms with Crippen molar-refractivity contribution in [3.63, 3.8) is 0 Å². The van der Waals surface area contributed by atoms with Crippen molar-refractivity contribution in [1.29, 1.82) is 0 Å². The van der Waals surface area contributed by atoms with E-state index in [9.17, 15) is 4.79 Å². The smallest absolute Gasteiger partial charge is 0.197 e. The number of aryl methyl sites for hydroxylation is 1. The summed E-state index contributed by atoms with van der Waals surface area (Å²) in [5.41, 5.74) is 1.38. The Bertz CT molecular complexity index is 729. The average molecular weight is 279 g/mol. The topological polar surface area (TPSA) is 72.6 Å². The summed E-state index contributed by atoms with van der Waals surface area (Å²) in [5, 5.41) is 7.93. The first kappa shape index (κ1) is 13.5.